The summed E-state index contributed by atoms with van der Waals surface area (Å²) in [5.41, 5.74) is 1.01. The Morgan fingerprint density at radius 1 is 1.31 bits per heavy atom. The SMILES string of the molecule is COC(=O)/C(=C\CN1CCN(S(C)(=O)=O)[C@@H](C)C1)c1ccc(Cl)c(Cl)c1. The van der Waals surface area contributed by atoms with E-state index in [0.717, 1.165) is 0 Å². The smallest absolute Gasteiger partial charge is 0.338 e. The van der Waals surface area contributed by atoms with Crippen LogP contribution in [0.5, 0.6) is 0 Å². The minimum absolute atomic E-state index is 0.126. The number of sulfonamides is 1. The van der Waals surface area contributed by atoms with Crippen LogP contribution in [0.4, 0.5) is 0 Å². The minimum Gasteiger partial charge on any atom is -0.465 e. The van der Waals surface area contributed by atoms with Crippen LogP contribution in [0, 0.1) is 0 Å². The summed E-state index contributed by atoms with van der Waals surface area (Å²) in [6.45, 7) is 3.96. The van der Waals surface area contributed by atoms with E-state index in [0.29, 0.717) is 47.4 Å². The van der Waals surface area contributed by atoms with Crippen LogP contribution in [-0.2, 0) is 19.6 Å². The van der Waals surface area contributed by atoms with Gasteiger partial charge in [-0.25, -0.2) is 13.2 Å². The van der Waals surface area contributed by atoms with Crippen LogP contribution in [-0.4, -0.2) is 69.2 Å². The molecule has 0 aliphatic carbocycles. The Balaban J connectivity index is 2.16. The standard InChI is InChI=1S/C17H22Cl2N2O4S/c1-12-11-20(8-9-21(12)26(3,23)24)7-6-14(17(22)25-2)13-4-5-15(18)16(19)10-13/h4-6,10,12H,7-9,11H2,1-3H3/b14-6-/t12-/m0/s1. The minimum atomic E-state index is -3.21. The number of benzene rings is 1. The van der Waals surface area contributed by atoms with Crippen molar-refractivity contribution in [1.82, 2.24) is 9.21 Å². The fraction of sp³-hybridized carbons (Fsp3) is 0.471. The molecule has 2 rings (SSSR count). The summed E-state index contributed by atoms with van der Waals surface area (Å²) in [6.07, 6.45) is 2.99. The number of nitrogens with zero attached hydrogens (tertiary/aromatic N) is 2. The van der Waals surface area contributed by atoms with Crippen molar-refractivity contribution >= 4 is 44.8 Å². The first kappa shape index (κ1) is 21.2. The molecule has 0 saturated carbocycles. The fourth-order valence-corrected chi connectivity index (χ4v) is 4.42. The Kier molecular flexibility index (Phi) is 7.10. The molecule has 0 aromatic heterocycles. The van der Waals surface area contributed by atoms with Crippen LogP contribution in [0.15, 0.2) is 24.3 Å². The third-order valence-corrected chi connectivity index (χ3v) is 6.40. The Morgan fingerprint density at radius 2 is 2.00 bits per heavy atom. The molecule has 0 radical (unpaired) electrons. The van der Waals surface area contributed by atoms with Gasteiger partial charge in [0.2, 0.25) is 10.0 Å². The molecule has 1 aliphatic rings. The lowest BCUT2D eigenvalue weighted by atomic mass is 10.1. The highest BCUT2D eigenvalue weighted by Gasteiger charge is 2.29. The molecule has 6 nitrogen and oxygen atoms in total. The molecule has 1 aromatic carbocycles. The van der Waals surface area contributed by atoms with E-state index < -0.39 is 16.0 Å². The molecule has 0 amide bonds. The van der Waals surface area contributed by atoms with Gasteiger partial charge in [0.1, 0.15) is 0 Å². The van der Waals surface area contributed by atoms with E-state index in [1.807, 2.05) is 6.92 Å². The zero-order valence-electron chi connectivity index (χ0n) is 14.9. The summed E-state index contributed by atoms with van der Waals surface area (Å²) < 4.78 is 29.9. The zero-order valence-corrected chi connectivity index (χ0v) is 17.2. The van der Waals surface area contributed by atoms with Gasteiger partial charge >= 0.3 is 5.97 Å². The number of hydrogen-bond acceptors (Lipinski definition) is 5. The Hall–Kier alpha value is -1.12. The summed E-state index contributed by atoms with van der Waals surface area (Å²) in [4.78, 5) is 14.2. The molecule has 1 fully saturated rings. The van der Waals surface area contributed by atoms with Crippen molar-refractivity contribution < 1.29 is 17.9 Å². The molecule has 1 aliphatic heterocycles. The summed E-state index contributed by atoms with van der Waals surface area (Å²) in [5.74, 6) is -0.466. The normalized spacial score (nSPS) is 20.2. The second-order valence-electron chi connectivity index (χ2n) is 6.22. The lowest BCUT2D eigenvalue weighted by Gasteiger charge is -2.37. The van der Waals surface area contributed by atoms with Crippen LogP contribution in [0.25, 0.3) is 5.57 Å². The molecule has 1 saturated heterocycles. The molecule has 26 heavy (non-hydrogen) atoms. The average molecular weight is 421 g/mol. The van der Waals surface area contributed by atoms with Crippen molar-refractivity contribution in [1.29, 1.82) is 0 Å². The third kappa shape index (κ3) is 5.20. The summed E-state index contributed by atoms with van der Waals surface area (Å²) in [6, 6.07) is 4.83. The lowest BCUT2D eigenvalue weighted by molar-refractivity contribution is -0.133. The Morgan fingerprint density at radius 3 is 2.54 bits per heavy atom. The van der Waals surface area contributed by atoms with E-state index in [4.69, 9.17) is 27.9 Å². The van der Waals surface area contributed by atoms with Gasteiger partial charge in [-0.15, -0.1) is 0 Å². The van der Waals surface area contributed by atoms with Crippen molar-refractivity contribution in [2.24, 2.45) is 0 Å². The quantitative estimate of drug-likeness (QED) is 0.540. The van der Waals surface area contributed by atoms with Gasteiger partial charge in [-0.2, -0.15) is 4.31 Å². The van der Waals surface area contributed by atoms with E-state index in [9.17, 15) is 13.2 Å². The summed E-state index contributed by atoms with van der Waals surface area (Å²) in [7, 11) is -1.89. The first-order chi connectivity index (χ1) is 12.1. The number of ether oxygens (including phenoxy) is 1. The van der Waals surface area contributed by atoms with Crippen molar-refractivity contribution in [2.75, 3.05) is 39.5 Å². The first-order valence-electron chi connectivity index (χ1n) is 8.06. The molecule has 144 valence electrons. The van der Waals surface area contributed by atoms with Gasteiger partial charge in [0.25, 0.3) is 0 Å². The molecule has 1 aromatic rings. The van der Waals surface area contributed by atoms with Gasteiger partial charge < -0.3 is 4.74 Å². The second kappa shape index (κ2) is 8.71. The van der Waals surface area contributed by atoms with E-state index in [-0.39, 0.29) is 6.04 Å². The maximum Gasteiger partial charge on any atom is 0.338 e. The number of halogens is 2. The molecular weight excluding hydrogens is 399 g/mol. The maximum atomic E-state index is 12.2. The van der Waals surface area contributed by atoms with Crippen LogP contribution in [0.2, 0.25) is 10.0 Å². The maximum absolute atomic E-state index is 12.2. The first-order valence-corrected chi connectivity index (χ1v) is 10.7. The highest BCUT2D eigenvalue weighted by atomic mass is 35.5. The number of esters is 1. The van der Waals surface area contributed by atoms with Crippen molar-refractivity contribution in [3.05, 3.63) is 39.9 Å². The molecule has 1 atom stereocenters. The number of methoxy groups -OCH3 is 1. The Labute approximate surface area is 164 Å². The number of piperazine rings is 1. The van der Waals surface area contributed by atoms with Crippen LogP contribution in [0.3, 0.4) is 0 Å². The van der Waals surface area contributed by atoms with E-state index >= 15 is 0 Å². The summed E-state index contributed by atoms with van der Waals surface area (Å²) >= 11 is 12.0. The van der Waals surface area contributed by atoms with Crippen molar-refractivity contribution in [2.45, 2.75) is 13.0 Å². The zero-order chi connectivity index (χ0) is 19.5. The predicted molar refractivity (Wildman–Crippen MR) is 104 cm³/mol. The lowest BCUT2D eigenvalue weighted by Crippen LogP contribution is -2.53. The molecule has 0 bridgehead atoms. The van der Waals surface area contributed by atoms with Gasteiger partial charge in [0.05, 0.1) is 29.0 Å². The average Bonchev–Trinajstić information content (AvgIpc) is 2.56. The molecule has 0 spiro atoms. The molecular formula is C17H22Cl2N2O4S. The number of rotatable bonds is 5. The van der Waals surface area contributed by atoms with Gasteiger partial charge in [0, 0.05) is 32.2 Å². The summed E-state index contributed by atoms with van der Waals surface area (Å²) in [5, 5.41) is 0.764. The fourth-order valence-electron chi connectivity index (χ4n) is 2.99. The van der Waals surface area contributed by atoms with E-state index in [2.05, 4.69) is 4.90 Å². The van der Waals surface area contributed by atoms with Gasteiger partial charge in [0.15, 0.2) is 0 Å². The van der Waals surface area contributed by atoms with Crippen molar-refractivity contribution in [3.63, 3.8) is 0 Å². The van der Waals surface area contributed by atoms with Gasteiger partial charge in [-0.3, -0.25) is 4.90 Å². The van der Waals surface area contributed by atoms with E-state index in [1.165, 1.54) is 17.7 Å². The van der Waals surface area contributed by atoms with Gasteiger partial charge in [-0.1, -0.05) is 35.3 Å². The number of carbonyl (C=O) groups excluding carboxylic acids is 1. The topological polar surface area (TPSA) is 66.9 Å². The predicted octanol–water partition coefficient (Wildman–Crippen LogP) is 2.52. The Bertz CT molecular complexity index is 811. The number of hydrogen-bond donors (Lipinski definition) is 0. The monoisotopic (exact) mass is 420 g/mol. The van der Waals surface area contributed by atoms with Crippen LogP contribution < -0.4 is 0 Å². The molecule has 0 unspecified atom stereocenters. The van der Waals surface area contributed by atoms with Crippen molar-refractivity contribution in [3.8, 4) is 0 Å². The highest BCUT2D eigenvalue weighted by molar-refractivity contribution is 7.88. The van der Waals surface area contributed by atoms with E-state index in [1.54, 1.807) is 24.3 Å². The van der Waals surface area contributed by atoms with Gasteiger partial charge in [-0.05, 0) is 24.6 Å². The molecule has 1 heterocycles. The largest absolute Gasteiger partial charge is 0.465 e. The number of carbonyl (C=O) groups is 1. The highest BCUT2D eigenvalue weighted by Crippen LogP contribution is 2.27. The van der Waals surface area contributed by atoms with Crippen LogP contribution >= 0.6 is 23.2 Å². The third-order valence-electron chi connectivity index (χ3n) is 4.27. The molecule has 0 N–H and O–H groups in total. The molecule has 9 heteroatoms. The second-order valence-corrected chi connectivity index (χ2v) is 8.97. The van der Waals surface area contributed by atoms with Crippen LogP contribution in [0.1, 0.15) is 12.5 Å².